The molecule has 32 heavy (non-hydrogen) atoms. The van der Waals surface area contributed by atoms with Crippen molar-refractivity contribution in [3.8, 4) is 22.9 Å². The molecule has 2 aromatic heterocycles. The van der Waals surface area contributed by atoms with Crippen molar-refractivity contribution < 1.29 is 14.3 Å². The zero-order valence-corrected chi connectivity index (χ0v) is 18.8. The molecule has 6 rings (SSSR count). The summed E-state index contributed by atoms with van der Waals surface area (Å²) in [6.45, 7) is 6.73. The number of fused-ring (bicyclic) bond motifs is 8. The van der Waals surface area contributed by atoms with Crippen LogP contribution in [0.5, 0.6) is 11.5 Å². The van der Waals surface area contributed by atoms with E-state index in [0.29, 0.717) is 5.75 Å². The molecule has 3 aromatic carbocycles. The quantitative estimate of drug-likeness (QED) is 0.327. The van der Waals surface area contributed by atoms with Crippen molar-refractivity contribution in [3.63, 3.8) is 0 Å². The first-order chi connectivity index (χ1) is 15.4. The number of H-pyrrole nitrogens is 1. The van der Waals surface area contributed by atoms with E-state index in [1.54, 1.807) is 19.2 Å². The van der Waals surface area contributed by atoms with E-state index in [2.05, 4.69) is 37.9 Å². The molecule has 0 aliphatic heterocycles. The summed E-state index contributed by atoms with van der Waals surface area (Å²) < 4.78 is 11.3. The number of aryl methyl sites for hydroxylation is 2. The lowest BCUT2D eigenvalue weighted by atomic mass is 9.71. The van der Waals surface area contributed by atoms with Gasteiger partial charge in [0.15, 0.2) is 11.5 Å². The molecule has 1 aliphatic rings. The van der Waals surface area contributed by atoms with Gasteiger partial charge in [-0.3, -0.25) is 0 Å². The van der Waals surface area contributed by atoms with Crippen LogP contribution in [-0.4, -0.2) is 22.2 Å². The predicted molar refractivity (Wildman–Crippen MR) is 128 cm³/mol. The number of nitrogens with zero attached hydrogens (tertiary/aromatic N) is 1. The predicted octanol–water partition coefficient (Wildman–Crippen LogP) is 6.77. The van der Waals surface area contributed by atoms with Crippen molar-refractivity contribution >= 4 is 32.8 Å². The van der Waals surface area contributed by atoms with Crippen LogP contribution in [0.4, 0.5) is 0 Å². The van der Waals surface area contributed by atoms with Crippen LogP contribution in [0.15, 0.2) is 41.0 Å². The van der Waals surface area contributed by atoms with E-state index in [1.807, 2.05) is 12.3 Å². The van der Waals surface area contributed by atoms with E-state index in [1.165, 1.54) is 29.4 Å². The molecular weight excluding hydrogens is 400 g/mol. The van der Waals surface area contributed by atoms with Crippen LogP contribution in [0, 0.1) is 6.92 Å². The monoisotopic (exact) mass is 426 g/mol. The fourth-order valence-corrected chi connectivity index (χ4v) is 5.51. The van der Waals surface area contributed by atoms with Gasteiger partial charge in [0.2, 0.25) is 0 Å². The maximum Gasteiger partial charge on any atom is 0.160 e. The van der Waals surface area contributed by atoms with Crippen LogP contribution in [0.3, 0.4) is 0 Å². The van der Waals surface area contributed by atoms with Crippen molar-refractivity contribution in [2.45, 2.75) is 45.4 Å². The molecule has 1 aliphatic carbocycles. The number of hydrogen-bond acceptors (Lipinski definition) is 4. The number of furan rings is 1. The van der Waals surface area contributed by atoms with E-state index in [9.17, 15) is 5.11 Å². The largest absolute Gasteiger partial charge is 0.504 e. The highest BCUT2D eigenvalue weighted by atomic mass is 16.5. The number of hydrogen-bond donors (Lipinski definition) is 2. The summed E-state index contributed by atoms with van der Waals surface area (Å²) >= 11 is 0. The Morgan fingerprint density at radius 3 is 2.78 bits per heavy atom. The Morgan fingerprint density at radius 2 is 2.00 bits per heavy atom. The molecule has 0 saturated carbocycles. The van der Waals surface area contributed by atoms with Crippen molar-refractivity contribution in [2.24, 2.45) is 0 Å². The van der Waals surface area contributed by atoms with Gasteiger partial charge in [-0.1, -0.05) is 26.0 Å². The average molecular weight is 427 g/mol. The third-order valence-corrected chi connectivity index (χ3v) is 7.13. The van der Waals surface area contributed by atoms with Crippen molar-refractivity contribution in [2.75, 3.05) is 7.11 Å². The molecule has 5 aromatic rings. The smallest absolute Gasteiger partial charge is 0.160 e. The minimum absolute atomic E-state index is 0.0964. The molecule has 0 atom stereocenters. The number of phenolic OH excluding ortho intramolecular Hbond substituents is 1. The maximum atomic E-state index is 10.3. The SMILES string of the molecule is COc1ccc(-c2nc3c([nH]2)c2c(C)coc2c2ccc4c(c23)CCCC4(C)C)cc1O. The summed E-state index contributed by atoms with van der Waals surface area (Å²) in [5.74, 6) is 1.26. The molecule has 0 spiro atoms. The van der Waals surface area contributed by atoms with Gasteiger partial charge >= 0.3 is 0 Å². The van der Waals surface area contributed by atoms with Gasteiger partial charge < -0.3 is 19.2 Å². The molecule has 0 bridgehead atoms. The average Bonchev–Trinajstić information content (AvgIpc) is 3.37. The number of aromatic amines is 1. The number of benzene rings is 3. The molecule has 5 heteroatoms. The summed E-state index contributed by atoms with van der Waals surface area (Å²) in [6, 6.07) is 9.86. The zero-order valence-electron chi connectivity index (χ0n) is 18.8. The van der Waals surface area contributed by atoms with E-state index < -0.39 is 0 Å². The van der Waals surface area contributed by atoms with Gasteiger partial charge in [0, 0.05) is 21.7 Å². The van der Waals surface area contributed by atoms with Gasteiger partial charge in [-0.15, -0.1) is 0 Å². The Kier molecular flexibility index (Phi) is 3.92. The number of aromatic nitrogens is 2. The molecular formula is C27H26N2O3. The lowest BCUT2D eigenvalue weighted by Crippen LogP contribution is -2.23. The standard InChI is InChI=1S/C27H26N2O3/c1-14-13-32-25-17-8-9-18-16(6-5-11-27(18,2)3)22(17)24-23(21(14)25)28-26(29-24)15-7-10-20(31-4)19(30)12-15/h7-10,12-13,30H,5-6,11H2,1-4H3,(H,28,29). The van der Waals surface area contributed by atoms with Gasteiger partial charge in [0.05, 0.1) is 24.4 Å². The molecule has 5 nitrogen and oxygen atoms in total. The van der Waals surface area contributed by atoms with Crippen molar-refractivity contribution in [1.82, 2.24) is 9.97 Å². The third kappa shape index (κ3) is 2.54. The summed E-state index contributed by atoms with van der Waals surface area (Å²) in [5.41, 5.74) is 7.69. The summed E-state index contributed by atoms with van der Waals surface area (Å²) in [4.78, 5) is 8.63. The van der Waals surface area contributed by atoms with Gasteiger partial charge in [0.1, 0.15) is 11.4 Å². The Morgan fingerprint density at radius 1 is 1.16 bits per heavy atom. The summed E-state index contributed by atoms with van der Waals surface area (Å²) in [6.07, 6.45) is 5.22. The number of imidazole rings is 1. The molecule has 2 N–H and O–H groups in total. The van der Waals surface area contributed by atoms with Gasteiger partial charge in [-0.25, -0.2) is 4.98 Å². The first kappa shape index (κ1) is 19.2. The maximum absolute atomic E-state index is 10.3. The van der Waals surface area contributed by atoms with Crippen LogP contribution >= 0.6 is 0 Å². The van der Waals surface area contributed by atoms with E-state index in [-0.39, 0.29) is 11.2 Å². The number of nitrogens with one attached hydrogen (secondary N) is 1. The molecule has 2 heterocycles. The number of methoxy groups -OCH3 is 1. The molecule has 0 amide bonds. The number of phenols is 1. The first-order valence-electron chi connectivity index (χ1n) is 11.1. The second kappa shape index (κ2) is 6.52. The third-order valence-electron chi connectivity index (χ3n) is 7.13. The molecule has 162 valence electrons. The Balaban J connectivity index is 1.74. The normalized spacial score (nSPS) is 15.5. The van der Waals surface area contributed by atoms with Crippen LogP contribution in [-0.2, 0) is 11.8 Å². The Labute approximate surface area is 186 Å². The van der Waals surface area contributed by atoms with Crippen LogP contribution < -0.4 is 4.74 Å². The second-order valence-corrected chi connectivity index (χ2v) is 9.57. The van der Waals surface area contributed by atoms with Crippen LogP contribution in [0.1, 0.15) is 43.4 Å². The van der Waals surface area contributed by atoms with E-state index in [0.717, 1.165) is 50.8 Å². The minimum atomic E-state index is 0.0964. The highest BCUT2D eigenvalue weighted by molar-refractivity contribution is 6.23. The zero-order chi connectivity index (χ0) is 22.2. The molecule has 0 radical (unpaired) electrons. The summed E-state index contributed by atoms with van der Waals surface area (Å²) in [7, 11) is 1.55. The number of rotatable bonds is 2. The second-order valence-electron chi connectivity index (χ2n) is 9.57. The number of ether oxygens (including phenoxy) is 1. The van der Waals surface area contributed by atoms with Crippen LogP contribution in [0.2, 0.25) is 0 Å². The Bertz CT molecular complexity index is 1540. The highest BCUT2D eigenvalue weighted by Crippen LogP contribution is 2.45. The molecule has 0 unspecified atom stereocenters. The molecule has 0 fully saturated rings. The fraction of sp³-hybridized carbons (Fsp3) is 0.296. The van der Waals surface area contributed by atoms with Gasteiger partial charge in [-0.05, 0) is 66.5 Å². The fourth-order valence-electron chi connectivity index (χ4n) is 5.51. The first-order valence-corrected chi connectivity index (χ1v) is 11.1. The van der Waals surface area contributed by atoms with Gasteiger partial charge in [-0.2, -0.15) is 0 Å². The summed E-state index contributed by atoms with van der Waals surface area (Å²) in [5, 5.41) is 13.7. The van der Waals surface area contributed by atoms with E-state index >= 15 is 0 Å². The highest BCUT2D eigenvalue weighted by Gasteiger charge is 2.30. The minimum Gasteiger partial charge on any atom is -0.504 e. The molecule has 0 saturated heterocycles. The van der Waals surface area contributed by atoms with Gasteiger partial charge in [0.25, 0.3) is 0 Å². The van der Waals surface area contributed by atoms with Crippen molar-refractivity contribution in [3.05, 3.63) is 53.3 Å². The van der Waals surface area contributed by atoms with Crippen LogP contribution in [0.25, 0.3) is 44.2 Å². The van der Waals surface area contributed by atoms with Crippen molar-refractivity contribution in [1.29, 1.82) is 0 Å². The lowest BCUT2D eigenvalue weighted by Gasteiger charge is -2.33. The number of aromatic hydroxyl groups is 1. The lowest BCUT2D eigenvalue weighted by molar-refractivity contribution is 0.373. The van der Waals surface area contributed by atoms with E-state index in [4.69, 9.17) is 14.1 Å². The topological polar surface area (TPSA) is 71.3 Å². The Hall–Kier alpha value is -3.47.